The molecule has 2 rings (SSSR count). The van der Waals surface area contributed by atoms with Crippen molar-refractivity contribution in [2.75, 3.05) is 5.32 Å². The highest BCUT2D eigenvalue weighted by molar-refractivity contribution is 7.12. The lowest BCUT2D eigenvalue weighted by Crippen LogP contribution is -2.10. The van der Waals surface area contributed by atoms with Crippen LogP contribution < -0.4 is 5.32 Å². The lowest BCUT2D eigenvalue weighted by atomic mass is 10.1. The second-order valence-corrected chi connectivity index (χ2v) is 6.40. The molecule has 20 heavy (non-hydrogen) atoms. The Morgan fingerprint density at radius 3 is 2.75 bits per heavy atom. The fourth-order valence-electron chi connectivity index (χ4n) is 2.07. The van der Waals surface area contributed by atoms with E-state index in [0.29, 0.717) is 5.82 Å². The Balaban J connectivity index is 2.28. The van der Waals surface area contributed by atoms with Crippen molar-refractivity contribution in [3.05, 3.63) is 44.2 Å². The Kier molecular flexibility index (Phi) is 4.30. The summed E-state index contributed by atoms with van der Waals surface area (Å²) in [5, 5.41) is 12.4. The van der Waals surface area contributed by atoms with Crippen LogP contribution in [0.2, 0.25) is 5.02 Å². The van der Waals surface area contributed by atoms with E-state index < -0.39 is 5.97 Å². The van der Waals surface area contributed by atoms with E-state index in [9.17, 15) is 4.79 Å². The van der Waals surface area contributed by atoms with Gasteiger partial charge in [-0.2, -0.15) is 0 Å². The first-order valence-electron chi connectivity index (χ1n) is 6.11. The van der Waals surface area contributed by atoms with Crippen molar-refractivity contribution in [2.45, 2.75) is 26.8 Å². The summed E-state index contributed by atoms with van der Waals surface area (Å²) < 4.78 is 0. The average molecular weight is 311 g/mol. The van der Waals surface area contributed by atoms with Gasteiger partial charge in [0.1, 0.15) is 5.82 Å². The van der Waals surface area contributed by atoms with Gasteiger partial charge in [-0.25, -0.2) is 9.78 Å². The zero-order chi connectivity index (χ0) is 14.9. The van der Waals surface area contributed by atoms with Gasteiger partial charge >= 0.3 is 5.97 Å². The van der Waals surface area contributed by atoms with Gasteiger partial charge in [0, 0.05) is 16.0 Å². The van der Waals surface area contributed by atoms with Crippen LogP contribution in [0.3, 0.4) is 0 Å². The van der Waals surface area contributed by atoms with E-state index in [2.05, 4.69) is 30.2 Å². The van der Waals surface area contributed by atoms with Gasteiger partial charge in [0.05, 0.1) is 16.6 Å². The van der Waals surface area contributed by atoms with Gasteiger partial charge < -0.3 is 10.4 Å². The summed E-state index contributed by atoms with van der Waals surface area (Å²) in [4.78, 5) is 17.6. The van der Waals surface area contributed by atoms with Crippen molar-refractivity contribution < 1.29 is 9.90 Å². The highest BCUT2D eigenvalue weighted by atomic mass is 35.5. The maximum Gasteiger partial charge on any atom is 0.337 e. The molecule has 4 nitrogen and oxygen atoms in total. The van der Waals surface area contributed by atoms with Crippen molar-refractivity contribution in [3.63, 3.8) is 0 Å². The van der Waals surface area contributed by atoms with Crippen LogP contribution in [0.4, 0.5) is 5.82 Å². The van der Waals surface area contributed by atoms with E-state index in [4.69, 9.17) is 16.7 Å². The average Bonchev–Trinajstić information content (AvgIpc) is 2.70. The van der Waals surface area contributed by atoms with Gasteiger partial charge in [0.15, 0.2) is 0 Å². The molecule has 0 spiro atoms. The quantitative estimate of drug-likeness (QED) is 0.884. The second-order valence-electron chi connectivity index (χ2n) is 4.56. The molecule has 2 heterocycles. The SMILES string of the molecule is Cc1cc(C(C)Nc2nccc(C(=O)O)c2Cl)c(C)s1. The molecule has 0 fully saturated rings. The van der Waals surface area contributed by atoms with E-state index in [-0.39, 0.29) is 16.6 Å². The van der Waals surface area contributed by atoms with Gasteiger partial charge in [-0.15, -0.1) is 11.3 Å². The fourth-order valence-corrected chi connectivity index (χ4v) is 3.34. The summed E-state index contributed by atoms with van der Waals surface area (Å²) in [5.41, 5.74) is 1.22. The largest absolute Gasteiger partial charge is 0.478 e. The maximum absolute atomic E-state index is 11.0. The molecule has 0 saturated heterocycles. The number of halogens is 1. The van der Waals surface area contributed by atoms with Crippen LogP contribution in [0.5, 0.6) is 0 Å². The van der Waals surface area contributed by atoms with Gasteiger partial charge in [-0.3, -0.25) is 0 Å². The minimum Gasteiger partial charge on any atom is -0.478 e. The van der Waals surface area contributed by atoms with Crippen molar-refractivity contribution >= 4 is 34.7 Å². The minimum absolute atomic E-state index is 0.00833. The number of carboxylic acid groups (broad SMARTS) is 1. The standard InChI is InChI=1S/C14H15ClN2O2S/c1-7-6-11(9(3)20-7)8(2)17-13-12(15)10(14(18)19)4-5-16-13/h4-6,8H,1-3H3,(H,16,17)(H,18,19). The Hall–Kier alpha value is -1.59. The molecule has 2 N–H and O–H groups in total. The number of anilines is 1. The number of thiophene rings is 1. The Labute approximate surface area is 126 Å². The van der Waals surface area contributed by atoms with Crippen LogP contribution >= 0.6 is 22.9 Å². The fraction of sp³-hybridized carbons (Fsp3) is 0.286. The number of carboxylic acids is 1. The van der Waals surface area contributed by atoms with E-state index >= 15 is 0 Å². The smallest absolute Gasteiger partial charge is 0.337 e. The third kappa shape index (κ3) is 2.94. The number of hydrogen-bond donors (Lipinski definition) is 2. The summed E-state index contributed by atoms with van der Waals surface area (Å²) in [5.74, 6) is -0.669. The minimum atomic E-state index is -1.06. The zero-order valence-corrected chi connectivity index (χ0v) is 13.0. The van der Waals surface area contributed by atoms with Gasteiger partial charge in [-0.05, 0) is 38.5 Å². The third-order valence-corrected chi connectivity index (χ3v) is 4.38. The van der Waals surface area contributed by atoms with Gasteiger partial charge in [0.2, 0.25) is 0 Å². The molecule has 1 unspecified atom stereocenters. The first kappa shape index (κ1) is 14.8. The molecule has 106 valence electrons. The number of aryl methyl sites for hydroxylation is 2. The van der Waals surface area contributed by atoms with Crippen molar-refractivity contribution in [1.82, 2.24) is 4.98 Å². The number of nitrogens with one attached hydrogen (secondary N) is 1. The molecule has 2 aromatic rings. The lowest BCUT2D eigenvalue weighted by Gasteiger charge is -2.16. The highest BCUT2D eigenvalue weighted by Crippen LogP contribution is 2.31. The van der Waals surface area contributed by atoms with Crippen LogP contribution in [0, 0.1) is 13.8 Å². The Morgan fingerprint density at radius 2 is 2.20 bits per heavy atom. The molecule has 2 aromatic heterocycles. The monoisotopic (exact) mass is 310 g/mol. The first-order chi connectivity index (χ1) is 9.40. The van der Waals surface area contributed by atoms with Crippen molar-refractivity contribution in [2.24, 2.45) is 0 Å². The number of nitrogens with zero attached hydrogens (tertiary/aromatic N) is 1. The summed E-state index contributed by atoms with van der Waals surface area (Å²) >= 11 is 7.81. The molecule has 0 radical (unpaired) electrons. The molecule has 0 saturated carbocycles. The normalized spacial score (nSPS) is 12.2. The molecule has 0 aliphatic heterocycles. The summed E-state index contributed by atoms with van der Waals surface area (Å²) in [6.07, 6.45) is 1.44. The van der Waals surface area contributed by atoms with Crippen molar-refractivity contribution in [3.8, 4) is 0 Å². The van der Waals surface area contributed by atoms with E-state index in [1.54, 1.807) is 11.3 Å². The number of hydrogen-bond acceptors (Lipinski definition) is 4. The Morgan fingerprint density at radius 1 is 1.50 bits per heavy atom. The van der Waals surface area contributed by atoms with Gasteiger partial charge in [0.25, 0.3) is 0 Å². The predicted octanol–water partition coefficient (Wildman–Crippen LogP) is 4.28. The molecule has 0 bridgehead atoms. The lowest BCUT2D eigenvalue weighted by molar-refractivity contribution is 0.0697. The summed E-state index contributed by atoms with van der Waals surface area (Å²) in [7, 11) is 0. The third-order valence-electron chi connectivity index (χ3n) is 3.02. The number of aromatic nitrogens is 1. The van der Waals surface area contributed by atoms with Crippen LogP contribution in [-0.2, 0) is 0 Å². The number of aromatic carboxylic acids is 1. The molecular weight excluding hydrogens is 296 g/mol. The molecule has 0 amide bonds. The van der Waals surface area contributed by atoms with Crippen LogP contribution in [-0.4, -0.2) is 16.1 Å². The van der Waals surface area contributed by atoms with Crippen LogP contribution in [0.15, 0.2) is 18.3 Å². The second kappa shape index (κ2) is 5.81. The molecule has 0 aliphatic carbocycles. The maximum atomic E-state index is 11.0. The van der Waals surface area contributed by atoms with E-state index in [0.717, 1.165) is 0 Å². The van der Waals surface area contributed by atoms with Crippen LogP contribution in [0.1, 0.15) is 38.6 Å². The Bertz CT molecular complexity index is 655. The van der Waals surface area contributed by atoms with Crippen molar-refractivity contribution in [1.29, 1.82) is 0 Å². The zero-order valence-electron chi connectivity index (χ0n) is 11.4. The first-order valence-corrected chi connectivity index (χ1v) is 7.31. The highest BCUT2D eigenvalue weighted by Gasteiger charge is 2.17. The van der Waals surface area contributed by atoms with Crippen LogP contribution in [0.25, 0.3) is 0 Å². The summed E-state index contributed by atoms with van der Waals surface area (Å²) in [6.45, 7) is 6.12. The number of rotatable bonds is 4. The number of carbonyl (C=O) groups is 1. The molecule has 0 aliphatic rings. The molecule has 0 aromatic carbocycles. The number of pyridine rings is 1. The van der Waals surface area contributed by atoms with E-state index in [1.807, 2.05) is 6.92 Å². The predicted molar refractivity (Wildman–Crippen MR) is 82.0 cm³/mol. The molecular formula is C14H15ClN2O2S. The topological polar surface area (TPSA) is 62.2 Å². The molecule has 1 atom stereocenters. The molecule has 6 heteroatoms. The van der Waals surface area contributed by atoms with E-state index in [1.165, 1.54) is 27.6 Å². The summed E-state index contributed by atoms with van der Waals surface area (Å²) in [6, 6.07) is 3.52. The van der Waals surface area contributed by atoms with Gasteiger partial charge in [-0.1, -0.05) is 11.6 Å².